The third-order valence-electron chi connectivity index (χ3n) is 5.53. The van der Waals surface area contributed by atoms with Crippen LogP contribution in [0.2, 0.25) is 0 Å². The Morgan fingerprint density at radius 2 is 1.00 bits per heavy atom. The summed E-state index contributed by atoms with van der Waals surface area (Å²) in [4.78, 5) is 0. The van der Waals surface area contributed by atoms with Crippen LogP contribution in [0, 0.1) is 6.92 Å². The predicted molar refractivity (Wildman–Crippen MR) is 129 cm³/mol. The second-order valence-electron chi connectivity index (χ2n) is 7.28. The maximum atomic E-state index is 4.54. The van der Waals surface area contributed by atoms with Gasteiger partial charge in [-0.1, -0.05) is 0 Å². The van der Waals surface area contributed by atoms with Crippen LogP contribution in [0.3, 0.4) is 0 Å². The first-order valence-electron chi connectivity index (χ1n) is 9.57. The summed E-state index contributed by atoms with van der Waals surface area (Å²) < 4.78 is 0. The Kier molecular flexibility index (Phi) is 5.23. The van der Waals surface area contributed by atoms with Crippen molar-refractivity contribution in [2.75, 3.05) is 0 Å². The van der Waals surface area contributed by atoms with Crippen molar-refractivity contribution in [2.24, 2.45) is 0 Å². The van der Waals surface area contributed by atoms with E-state index in [-0.39, 0.29) is 0 Å². The van der Waals surface area contributed by atoms with Gasteiger partial charge in [-0.2, -0.15) is 0 Å². The molecular weight excluding hydrogens is 423 g/mol. The molecular formula is C26H24BrP. The second-order valence-corrected chi connectivity index (χ2v) is 16.2. The molecule has 140 valence electrons. The Hall–Kier alpha value is -2.21. The van der Waals surface area contributed by atoms with Gasteiger partial charge in [-0.25, -0.2) is 0 Å². The molecule has 28 heavy (non-hydrogen) atoms. The zero-order valence-corrected chi connectivity index (χ0v) is 18.5. The normalized spacial score (nSPS) is 12.9. The molecule has 4 aromatic carbocycles. The zero-order chi connectivity index (χ0) is 19.5. The van der Waals surface area contributed by atoms with E-state index in [4.69, 9.17) is 0 Å². The number of aryl methyl sites for hydroxylation is 1. The van der Waals surface area contributed by atoms with Gasteiger partial charge in [0.2, 0.25) is 0 Å². The molecule has 0 aliphatic carbocycles. The molecule has 0 saturated carbocycles. The van der Waals surface area contributed by atoms with Crippen LogP contribution in [-0.2, 0) is 6.16 Å². The van der Waals surface area contributed by atoms with Crippen LogP contribution < -0.4 is 15.9 Å². The van der Waals surface area contributed by atoms with Crippen LogP contribution in [0.25, 0.3) is 0 Å². The van der Waals surface area contributed by atoms with Crippen molar-refractivity contribution in [3.63, 3.8) is 0 Å². The standard InChI is InChI=1S/C26H24BrP/c1-22-13-11-12-20-26(22)28(27,24-16-7-3-8-17-24,25-18-9-4-10-19-25)21-23-14-5-2-6-15-23/h2-20H,21H2,1H3. The molecule has 0 bridgehead atoms. The SMILES string of the molecule is Cc1ccccc1P(Br)(Cc1ccccc1)(c1ccccc1)c1ccccc1. The van der Waals surface area contributed by atoms with Gasteiger partial charge in [-0.3, -0.25) is 0 Å². The predicted octanol–water partition coefficient (Wildman–Crippen LogP) is 6.33. The van der Waals surface area contributed by atoms with Crippen molar-refractivity contribution >= 4 is 36.7 Å². The molecule has 4 aromatic rings. The summed E-state index contributed by atoms with van der Waals surface area (Å²) in [6.45, 7) is 2.23. The summed E-state index contributed by atoms with van der Waals surface area (Å²) >= 11 is 4.54. The van der Waals surface area contributed by atoms with E-state index in [2.05, 4.69) is 138 Å². The van der Waals surface area contributed by atoms with Gasteiger partial charge in [0.05, 0.1) is 0 Å². The minimum absolute atomic E-state index is 0.936. The number of halogens is 1. The van der Waals surface area contributed by atoms with E-state index in [0.29, 0.717) is 0 Å². The van der Waals surface area contributed by atoms with E-state index < -0.39 is 5.31 Å². The van der Waals surface area contributed by atoms with E-state index in [1.54, 1.807) is 0 Å². The van der Waals surface area contributed by atoms with Gasteiger partial charge in [0.25, 0.3) is 0 Å². The van der Waals surface area contributed by atoms with Crippen LogP contribution in [0.4, 0.5) is 0 Å². The summed E-state index contributed by atoms with van der Waals surface area (Å²) in [6, 6.07) is 41.7. The van der Waals surface area contributed by atoms with Crippen LogP contribution in [-0.4, -0.2) is 0 Å². The van der Waals surface area contributed by atoms with Gasteiger partial charge in [-0.05, 0) is 0 Å². The molecule has 0 aliphatic rings. The molecule has 0 radical (unpaired) electrons. The quantitative estimate of drug-likeness (QED) is 0.314. The molecule has 0 nitrogen and oxygen atoms in total. The Bertz CT molecular complexity index is 1020. The zero-order valence-electron chi connectivity index (χ0n) is 16.0. The fourth-order valence-electron chi connectivity index (χ4n) is 4.19. The van der Waals surface area contributed by atoms with Crippen LogP contribution in [0.1, 0.15) is 11.1 Å². The molecule has 2 heteroatoms. The third kappa shape index (κ3) is 3.13. The average Bonchev–Trinajstić information content (AvgIpc) is 2.76. The van der Waals surface area contributed by atoms with Gasteiger partial charge >= 0.3 is 176 Å². The first-order valence-corrected chi connectivity index (χ1v) is 14.0. The van der Waals surface area contributed by atoms with E-state index in [9.17, 15) is 0 Å². The second kappa shape index (κ2) is 7.66. The van der Waals surface area contributed by atoms with Gasteiger partial charge < -0.3 is 0 Å². The minimum atomic E-state index is -2.91. The Morgan fingerprint density at radius 3 is 1.50 bits per heavy atom. The first kappa shape index (κ1) is 19.1. The number of rotatable bonds is 5. The van der Waals surface area contributed by atoms with Gasteiger partial charge in [0, 0.05) is 0 Å². The summed E-state index contributed by atoms with van der Waals surface area (Å²) in [7, 11) is 0. The van der Waals surface area contributed by atoms with Crippen molar-refractivity contribution in [2.45, 2.75) is 13.1 Å². The first-order chi connectivity index (χ1) is 13.6. The van der Waals surface area contributed by atoms with Crippen LogP contribution >= 0.6 is 20.8 Å². The topological polar surface area (TPSA) is 0 Å². The molecule has 0 amide bonds. The fourth-order valence-corrected chi connectivity index (χ4v) is 12.7. The third-order valence-corrected chi connectivity index (χ3v) is 15.1. The molecule has 0 unspecified atom stereocenters. The summed E-state index contributed by atoms with van der Waals surface area (Å²) in [5.74, 6) is 0. The number of benzene rings is 4. The van der Waals surface area contributed by atoms with Crippen molar-refractivity contribution in [3.8, 4) is 0 Å². The molecule has 0 atom stereocenters. The van der Waals surface area contributed by atoms with Gasteiger partial charge in [-0.15, -0.1) is 0 Å². The molecule has 0 saturated heterocycles. The Balaban J connectivity index is 2.13. The van der Waals surface area contributed by atoms with E-state index in [0.717, 1.165) is 6.16 Å². The summed E-state index contributed by atoms with van der Waals surface area (Å²) in [5, 5.41) is 1.20. The van der Waals surface area contributed by atoms with Crippen molar-refractivity contribution < 1.29 is 0 Å². The van der Waals surface area contributed by atoms with Gasteiger partial charge in [0.1, 0.15) is 0 Å². The van der Waals surface area contributed by atoms with Crippen molar-refractivity contribution in [1.82, 2.24) is 0 Å². The summed E-state index contributed by atoms with van der Waals surface area (Å²) in [6.07, 6.45) is 0.936. The van der Waals surface area contributed by atoms with Crippen molar-refractivity contribution in [3.05, 3.63) is 126 Å². The Morgan fingerprint density at radius 1 is 0.571 bits per heavy atom. The Labute approximate surface area is 175 Å². The molecule has 0 N–H and O–H groups in total. The average molecular weight is 447 g/mol. The van der Waals surface area contributed by atoms with Gasteiger partial charge in [0.15, 0.2) is 0 Å². The molecule has 0 aromatic heterocycles. The van der Waals surface area contributed by atoms with E-state index in [1.807, 2.05) is 0 Å². The van der Waals surface area contributed by atoms with E-state index >= 15 is 0 Å². The molecule has 0 heterocycles. The number of hydrogen-bond donors (Lipinski definition) is 0. The van der Waals surface area contributed by atoms with E-state index in [1.165, 1.54) is 27.0 Å². The molecule has 4 rings (SSSR count). The van der Waals surface area contributed by atoms with Crippen LogP contribution in [0.5, 0.6) is 0 Å². The number of hydrogen-bond acceptors (Lipinski definition) is 0. The molecule has 0 aliphatic heterocycles. The molecule has 0 fully saturated rings. The monoisotopic (exact) mass is 446 g/mol. The maximum absolute atomic E-state index is 4.54. The van der Waals surface area contributed by atoms with Crippen molar-refractivity contribution in [1.29, 1.82) is 0 Å². The molecule has 0 spiro atoms. The summed E-state index contributed by atoms with van der Waals surface area (Å²) in [5.41, 5.74) is 2.66. The fraction of sp³-hybridized carbons (Fsp3) is 0.0769. The van der Waals surface area contributed by atoms with Crippen LogP contribution in [0.15, 0.2) is 115 Å².